The van der Waals surface area contributed by atoms with Crippen LogP contribution in [0.1, 0.15) is 193 Å². The van der Waals surface area contributed by atoms with E-state index in [1.54, 1.807) is 40.7 Å². The maximum absolute atomic E-state index is 14.6. The van der Waals surface area contributed by atoms with E-state index in [0.29, 0.717) is 43.0 Å². The van der Waals surface area contributed by atoms with E-state index in [-0.39, 0.29) is 218 Å². The van der Waals surface area contributed by atoms with Crippen molar-refractivity contribution in [1.29, 1.82) is 5.26 Å². The molecular formula is C94H147F2N17O30P2S2. The molecule has 824 valence electrons. The van der Waals surface area contributed by atoms with Crippen molar-refractivity contribution in [2.75, 3.05) is 104 Å². The van der Waals surface area contributed by atoms with Crippen LogP contribution in [0.2, 0.25) is 0 Å². The normalized spacial score (nSPS) is 17.1. The molecule has 16 amide bonds. The van der Waals surface area contributed by atoms with E-state index in [4.69, 9.17) is 54.0 Å². The first-order valence-corrected chi connectivity index (χ1v) is 53.6. The number of hydrogen-bond donors (Lipinski definition) is 19. The molecular weight excluding hydrogens is 2010 g/mol. The molecule has 0 spiro atoms. The second-order valence-electron chi connectivity index (χ2n) is 36.3. The molecule has 53 heteroatoms. The van der Waals surface area contributed by atoms with Crippen LogP contribution in [0.3, 0.4) is 0 Å². The van der Waals surface area contributed by atoms with Gasteiger partial charge in [-0.3, -0.25) is 86.0 Å². The average Bonchev–Trinajstić information content (AvgIpc) is 1.63. The maximum atomic E-state index is 14.6. The van der Waals surface area contributed by atoms with Gasteiger partial charge < -0.3 is 124 Å². The van der Waals surface area contributed by atoms with Crippen molar-refractivity contribution in [2.45, 2.75) is 274 Å². The van der Waals surface area contributed by atoms with Gasteiger partial charge in [-0.05, 0) is 119 Å². The number of hydrogen-bond acceptors (Lipinski definition) is 30. The van der Waals surface area contributed by atoms with Crippen molar-refractivity contribution in [1.82, 2.24) is 74.4 Å². The minimum Gasteiger partial charge on any atom is -0.481 e. The molecule has 2 aromatic carbocycles. The molecule has 6 rings (SSSR count). The summed E-state index contributed by atoms with van der Waals surface area (Å²) in [7, 11) is -9.36. The van der Waals surface area contributed by atoms with Crippen molar-refractivity contribution in [2.24, 2.45) is 23.3 Å². The fraction of sp³-hybridized carbons (Fsp3) is 0.649. The highest BCUT2D eigenvalue weighted by molar-refractivity contribution is 8.00. The number of alkyl halides is 2. The first-order chi connectivity index (χ1) is 69.7. The topological polar surface area (TPSA) is 695 Å². The molecule has 4 fully saturated rings. The summed E-state index contributed by atoms with van der Waals surface area (Å²) < 4.78 is 101. The molecule has 0 aromatic heterocycles. The molecule has 0 radical (unpaired) electrons. The number of urea groups is 2. The molecule has 21 N–H and O–H groups in total. The number of fused-ring (bicyclic) bond motifs is 2. The number of carbonyl (C=O) groups excluding carboxylic acids is 15. The van der Waals surface area contributed by atoms with Gasteiger partial charge in [0.1, 0.15) is 66.7 Å². The molecule has 0 aliphatic carbocycles. The van der Waals surface area contributed by atoms with Crippen LogP contribution in [-0.4, -0.2) is 290 Å². The van der Waals surface area contributed by atoms with Gasteiger partial charge in [-0.15, -0.1) is 13.2 Å². The Kier molecular flexibility index (Phi) is 60.3. The highest BCUT2D eigenvalue weighted by atomic mass is 32.2. The molecule has 0 saturated carbocycles. The summed E-state index contributed by atoms with van der Waals surface area (Å²) in [4.78, 5) is 221. The number of nitrogens with zero attached hydrogens (tertiary/aromatic N) is 1. The average molecular weight is 2160 g/mol. The lowest BCUT2D eigenvalue weighted by Gasteiger charge is -2.26. The van der Waals surface area contributed by atoms with E-state index in [1.165, 1.54) is 43.3 Å². The van der Waals surface area contributed by atoms with Crippen molar-refractivity contribution < 1.29 is 151 Å². The van der Waals surface area contributed by atoms with Crippen molar-refractivity contribution in [3.63, 3.8) is 0 Å². The van der Waals surface area contributed by atoms with Gasteiger partial charge in [0, 0.05) is 130 Å². The minimum absolute atomic E-state index is 0.0585. The second kappa shape index (κ2) is 69.2. The number of rotatable bonds is 72. The van der Waals surface area contributed by atoms with Gasteiger partial charge >= 0.3 is 39.6 Å². The van der Waals surface area contributed by atoms with Crippen LogP contribution < -0.4 is 94.9 Å². The summed E-state index contributed by atoms with van der Waals surface area (Å²) in [5, 5.41) is 55.1. The number of nitrogens with two attached hydrogens (primary N) is 2. The van der Waals surface area contributed by atoms with Crippen molar-refractivity contribution in [3.05, 3.63) is 84.0 Å². The molecule has 4 heterocycles. The minimum atomic E-state index is -5.07. The monoisotopic (exact) mass is 2160 g/mol. The van der Waals surface area contributed by atoms with Gasteiger partial charge in [-0.2, -0.15) is 28.8 Å². The Morgan fingerprint density at radius 2 is 0.850 bits per heavy atom. The first kappa shape index (κ1) is 128. The predicted molar refractivity (Wildman–Crippen MR) is 537 cm³/mol. The second-order valence-corrected chi connectivity index (χ2v) is 41.6. The predicted octanol–water partition coefficient (Wildman–Crippen LogP) is 3.79. The fourth-order valence-electron chi connectivity index (χ4n) is 15.0. The quantitative estimate of drug-likeness (QED) is 0.0147. The van der Waals surface area contributed by atoms with Crippen LogP contribution in [0.4, 0.5) is 18.4 Å². The molecule has 0 bridgehead atoms. The van der Waals surface area contributed by atoms with Gasteiger partial charge in [0.2, 0.25) is 70.9 Å². The van der Waals surface area contributed by atoms with E-state index in [0.717, 1.165) is 62.2 Å². The molecule has 147 heavy (non-hydrogen) atoms. The van der Waals surface area contributed by atoms with Crippen LogP contribution in [-0.2, 0) is 135 Å². The number of thioether (sulfide) groups is 2. The number of amides is 16. The lowest BCUT2D eigenvalue weighted by atomic mass is 9.99. The molecule has 12 atom stereocenters. The number of unbranched alkanes of at least 4 members (excludes halogenated alkanes) is 2. The Morgan fingerprint density at radius 1 is 0.503 bits per heavy atom. The van der Waals surface area contributed by atoms with Crippen molar-refractivity contribution in [3.8, 4) is 17.6 Å². The van der Waals surface area contributed by atoms with E-state index in [1.807, 2.05) is 37.4 Å². The van der Waals surface area contributed by atoms with Gasteiger partial charge in [0.25, 0.3) is 0 Å². The lowest BCUT2D eigenvalue weighted by Crippen LogP contribution is -2.57. The summed E-state index contributed by atoms with van der Waals surface area (Å²) >= 11 is 3.69. The number of carbonyl (C=O) groups is 16. The molecule has 4 aliphatic heterocycles. The van der Waals surface area contributed by atoms with Crippen molar-refractivity contribution >= 4 is 134 Å². The highest BCUT2D eigenvalue weighted by Crippen LogP contribution is 2.51. The van der Waals surface area contributed by atoms with E-state index >= 15 is 0 Å². The molecule has 4 saturated heterocycles. The summed E-state index contributed by atoms with van der Waals surface area (Å²) in [5.74, 6) is -9.10. The van der Waals surface area contributed by atoms with Crippen LogP contribution in [0.15, 0.2) is 61.7 Å². The van der Waals surface area contributed by atoms with Crippen LogP contribution in [0.5, 0.6) is 11.5 Å². The molecule has 47 nitrogen and oxygen atoms in total. The summed E-state index contributed by atoms with van der Waals surface area (Å²) in [5.41, 5.74) is 10.3. The third-order valence-electron chi connectivity index (χ3n) is 21.9. The van der Waals surface area contributed by atoms with Gasteiger partial charge in [0.05, 0.1) is 96.3 Å². The number of ether oxygens (including phenoxy) is 5. The number of phosphoric ester groups is 2. The number of carboxylic acid groups (broad SMARTS) is 1. The zero-order valence-corrected chi connectivity index (χ0v) is 87.8. The van der Waals surface area contributed by atoms with Crippen LogP contribution in [0.25, 0.3) is 0 Å². The number of esters is 1. The number of primary amides is 2. The standard InChI is InChI=1S/C51H80FN8O15PS.C41H64FN8O15PS.C2H3N/c1-8-22-72-76(69,73-23-9-2)75-40-16-14-34(29-35(40)31-52)30-38(49(67)57-37(47(53)65)28-33(3)4)58-48(66)36(15-19-45(64)74-51(5,6)7)56-44(63)18-17-43(62)55-21-25-71-27-26-70-24-20-54-42(61)13-11-10-12-41-46-39(32-77-41)59-50(68)60-46;1-24(2)19-28(38(43)56)47-40(58)29(21-25-7-9-31(26(20-25)22-42)65-66(60,61)62)48-39(57)27(8-12-36(54)55)46-35(53)11-10-34(52)45-14-16-64-18-17-63-15-13-44-33(51)6-4-3-5-32-37-30(23-67-32)49-41(59)50-37;1-2-3/h8-9,14,16,29,33,36-39,41,46H,1-2,10-13,15,17-28,30-32H2,3-7H3,(H2,53,65)(H,54,61)(H,55,62)(H,56,63)(H,57,67)(H,58,66)(H2,59,60,68);7,9,20,24,27-30,32,37H,3-6,8,10-19,21-23H2,1-2H3,(H2,43,56)(H,44,51)(H,45,52)(H,46,53)(H,47,58)(H,48,57)(H,54,55)(H2,49,50,59)(H2,60,61,62);1H3/t36?,37?,38?,39-,41?,46-;27?,28?,29?,30-,32?,37-;/m11./s1. The number of halogens is 2. The highest BCUT2D eigenvalue weighted by Gasteiger charge is 2.45. The number of nitrogens with one attached hydrogen (secondary N) is 14. The number of benzene rings is 2. The van der Waals surface area contributed by atoms with Gasteiger partial charge in [0.15, 0.2) is 0 Å². The van der Waals surface area contributed by atoms with E-state index in [9.17, 15) is 110 Å². The van der Waals surface area contributed by atoms with E-state index in [2.05, 4.69) is 92.1 Å². The van der Waals surface area contributed by atoms with Gasteiger partial charge in [-0.1, -0.05) is 64.8 Å². The fourth-order valence-corrected chi connectivity index (χ4v) is 19.7. The Labute approximate surface area is 862 Å². The molecule has 8 unspecified atom stereocenters. The Bertz CT molecular complexity index is 4770. The summed E-state index contributed by atoms with van der Waals surface area (Å²) in [6, 6.07) is 1.34. The number of aliphatic carboxylic acids is 1. The zero-order chi connectivity index (χ0) is 109. The van der Waals surface area contributed by atoms with Crippen LogP contribution >= 0.6 is 39.2 Å². The lowest BCUT2D eigenvalue weighted by molar-refractivity contribution is -0.155. The maximum Gasteiger partial charge on any atom is 0.530 e. The largest absolute Gasteiger partial charge is 0.530 e. The Morgan fingerprint density at radius 3 is 1.19 bits per heavy atom. The smallest absolute Gasteiger partial charge is 0.481 e. The number of phosphoric acid groups is 2. The number of carboxylic acids is 1. The number of nitriles is 1. The Balaban J connectivity index is 0.000000601. The third kappa shape index (κ3) is 54.0. The first-order valence-electron chi connectivity index (χ1n) is 48.5. The van der Waals surface area contributed by atoms with E-state index < -0.39 is 167 Å². The van der Waals surface area contributed by atoms with Crippen LogP contribution in [0, 0.1) is 23.2 Å². The zero-order valence-electron chi connectivity index (χ0n) is 84.4. The molecule has 2 aromatic rings. The Hall–Kier alpha value is -11.2. The molecule has 4 aliphatic rings. The SMILES string of the molecule is C=CCOP(=O)(OCC=C)Oc1ccc(CC(NC(=O)C(CCC(=O)OC(C)(C)C)NC(=O)CCC(=O)NCCOCCOCCNC(=O)CCCCC2SC[C@H]3NC(=O)N[C@@H]23)C(=O)NC(CC(C)C)C(N)=O)cc1CF.CC#N.CC(C)CC(NC(=O)C(Cc1ccc(OP(=O)(O)O)c(CF)c1)NC(=O)C(CCC(=O)O)NC(=O)CCC(=O)NCCOCCOCCNC(=O)CCCCC1SC[C@H]2NC(=O)N[C@@H]12)C(N)=O. The third-order valence-corrected chi connectivity index (χ3v) is 26.7. The summed E-state index contributed by atoms with van der Waals surface area (Å²) in [6.45, 7) is 20.5. The van der Waals surface area contributed by atoms with Gasteiger partial charge in [-0.25, -0.2) is 27.5 Å². The summed E-state index contributed by atoms with van der Waals surface area (Å²) in [6.07, 6.45) is 5.17.